The Bertz CT molecular complexity index is 631. The normalized spacial score (nSPS) is 13.0. The molecule has 0 aromatic heterocycles. The summed E-state index contributed by atoms with van der Waals surface area (Å²) in [4.78, 5) is 10.8. The second-order valence-corrected chi connectivity index (χ2v) is 6.33. The Morgan fingerprint density at radius 3 is 2.48 bits per heavy atom. The minimum atomic E-state index is -4.40. The molecule has 2 N–H and O–H groups in total. The first-order valence-electron chi connectivity index (χ1n) is 6.35. The van der Waals surface area contributed by atoms with Crippen molar-refractivity contribution in [3.8, 4) is 0 Å². The Morgan fingerprint density at radius 1 is 1.33 bits per heavy atom. The van der Waals surface area contributed by atoms with Crippen molar-refractivity contribution in [3.05, 3.63) is 29.3 Å². The number of carbonyl (C=O) groups excluding carboxylic acids is 1. The molecule has 0 saturated heterocycles. The molecule has 0 saturated carbocycles. The molecule has 0 fully saturated rings. The van der Waals surface area contributed by atoms with Crippen LogP contribution in [-0.4, -0.2) is 21.0 Å². The second kappa shape index (κ2) is 6.95. The Hall–Kier alpha value is -1.54. The summed E-state index contributed by atoms with van der Waals surface area (Å²) in [5.74, 6) is -3.53. The van der Waals surface area contributed by atoms with Gasteiger partial charge in [0.25, 0.3) is 0 Å². The first kappa shape index (κ1) is 17.5. The van der Waals surface area contributed by atoms with Crippen molar-refractivity contribution in [2.75, 3.05) is 6.61 Å². The minimum absolute atomic E-state index is 0.0637. The number of nitrogens with two attached hydrogens (primary N) is 1. The van der Waals surface area contributed by atoms with Crippen LogP contribution in [-0.2, 0) is 14.8 Å². The second-order valence-electron chi connectivity index (χ2n) is 4.80. The SMILES string of the molecule is CCCC(C)COC(=O)c1cc(S(N)(=O)=O)c(F)cc1F. The van der Waals surface area contributed by atoms with E-state index in [4.69, 9.17) is 9.88 Å². The van der Waals surface area contributed by atoms with E-state index in [1.165, 1.54) is 0 Å². The number of benzene rings is 1. The summed E-state index contributed by atoms with van der Waals surface area (Å²) in [6.45, 7) is 3.89. The molecule has 0 aliphatic heterocycles. The third kappa shape index (κ3) is 4.75. The quantitative estimate of drug-likeness (QED) is 0.814. The van der Waals surface area contributed by atoms with Crippen LogP contribution in [0.4, 0.5) is 8.78 Å². The van der Waals surface area contributed by atoms with Crippen LogP contribution in [0.3, 0.4) is 0 Å². The Morgan fingerprint density at radius 2 is 1.95 bits per heavy atom. The molecule has 0 radical (unpaired) electrons. The molecule has 1 rings (SSSR count). The summed E-state index contributed by atoms with van der Waals surface area (Å²) in [6, 6.07) is 0.846. The molecule has 1 aromatic rings. The van der Waals surface area contributed by atoms with E-state index in [1.54, 1.807) is 0 Å². The van der Waals surface area contributed by atoms with E-state index in [0.717, 1.165) is 12.8 Å². The highest BCUT2D eigenvalue weighted by molar-refractivity contribution is 7.89. The van der Waals surface area contributed by atoms with Crippen molar-refractivity contribution in [3.63, 3.8) is 0 Å². The van der Waals surface area contributed by atoms with Gasteiger partial charge in [-0.25, -0.2) is 27.1 Å². The summed E-state index contributed by atoms with van der Waals surface area (Å²) in [5.41, 5.74) is -0.663. The van der Waals surface area contributed by atoms with E-state index in [2.05, 4.69) is 0 Å². The van der Waals surface area contributed by atoms with Gasteiger partial charge in [-0.2, -0.15) is 0 Å². The van der Waals surface area contributed by atoms with E-state index in [9.17, 15) is 22.0 Å². The zero-order chi connectivity index (χ0) is 16.2. The first-order valence-corrected chi connectivity index (χ1v) is 7.90. The fourth-order valence-corrected chi connectivity index (χ4v) is 2.39. The lowest BCUT2D eigenvalue weighted by molar-refractivity contribution is 0.0438. The van der Waals surface area contributed by atoms with Gasteiger partial charge in [-0.05, 0) is 18.4 Å². The van der Waals surface area contributed by atoms with Crippen LogP contribution >= 0.6 is 0 Å². The highest BCUT2D eigenvalue weighted by Gasteiger charge is 2.22. The third-order valence-corrected chi connectivity index (χ3v) is 3.75. The van der Waals surface area contributed by atoms with Gasteiger partial charge in [0.05, 0.1) is 12.2 Å². The summed E-state index contributed by atoms with van der Waals surface area (Å²) >= 11 is 0. The lowest BCUT2D eigenvalue weighted by Crippen LogP contribution is -2.18. The Kier molecular flexibility index (Phi) is 5.79. The standard InChI is InChI=1S/C13H17F2NO4S/c1-3-4-8(2)7-20-13(17)9-5-12(21(16,18)19)11(15)6-10(9)14/h5-6,8H,3-4,7H2,1-2H3,(H2,16,18,19). The fraction of sp³-hybridized carbons (Fsp3) is 0.462. The lowest BCUT2D eigenvalue weighted by atomic mass is 10.1. The smallest absolute Gasteiger partial charge is 0.341 e. The highest BCUT2D eigenvalue weighted by atomic mass is 32.2. The number of rotatable bonds is 6. The van der Waals surface area contributed by atoms with Crippen LogP contribution in [0.15, 0.2) is 17.0 Å². The summed E-state index contributed by atoms with van der Waals surface area (Å²) < 4.78 is 54.1. The number of hydrogen-bond acceptors (Lipinski definition) is 4. The van der Waals surface area contributed by atoms with Gasteiger partial charge in [-0.1, -0.05) is 20.3 Å². The zero-order valence-corrected chi connectivity index (χ0v) is 12.5. The molecule has 0 heterocycles. The van der Waals surface area contributed by atoms with Gasteiger partial charge >= 0.3 is 5.97 Å². The minimum Gasteiger partial charge on any atom is -0.462 e. The molecule has 1 aromatic carbocycles. The van der Waals surface area contributed by atoms with Crippen molar-refractivity contribution >= 4 is 16.0 Å². The van der Waals surface area contributed by atoms with E-state index >= 15 is 0 Å². The average Bonchev–Trinajstić information content (AvgIpc) is 2.34. The number of hydrogen-bond donors (Lipinski definition) is 1. The molecule has 0 aliphatic rings. The van der Waals surface area contributed by atoms with Crippen LogP contribution in [0.5, 0.6) is 0 Å². The molecule has 0 bridgehead atoms. The molecule has 8 heteroatoms. The lowest BCUT2D eigenvalue weighted by Gasteiger charge is -2.12. The van der Waals surface area contributed by atoms with Gasteiger partial charge in [-0.3, -0.25) is 0 Å². The van der Waals surface area contributed by atoms with Crippen LogP contribution in [0.1, 0.15) is 37.0 Å². The topological polar surface area (TPSA) is 86.5 Å². The average molecular weight is 321 g/mol. The van der Waals surface area contributed by atoms with Crippen LogP contribution in [0.2, 0.25) is 0 Å². The van der Waals surface area contributed by atoms with Crippen molar-refractivity contribution < 1.29 is 26.7 Å². The third-order valence-electron chi connectivity index (χ3n) is 2.83. The summed E-state index contributed by atoms with van der Waals surface area (Å²) in [6.07, 6.45) is 1.72. The number of esters is 1. The maximum absolute atomic E-state index is 13.6. The van der Waals surface area contributed by atoms with E-state index in [0.29, 0.717) is 12.1 Å². The molecule has 1 atom stereocenters. The molecule has 0 spiro atoms. The molecular formula is C13H17F2NO4S. The van der Waals surface area contributed by atoms with Crippen molar-refractivity contribution in [2.24, 2.45) is 11.1 Å². The van der Waals surface area contributed by atoms with Gasteiger partial charge < -0.3 is 4.74 Å². The number of carbonyl (C=O) groups is 1. The zero-order valence-electron chi connectivity index (χ0n) is 11.7. The van der Waals surface area contributed by atoms with Crippen LogP contribution in [0.25, 0.3) is 0 Å². The van der Waals surface area contributed by atoms with Crippen LogP contribution < -0.4 is 5.14 Å². The van der Waals surface area contributed by atoms with Crippen molar-refractivity contribution in [2.45, 2.75) is 31.6 Å². The maximum Gasteiger partial charge on any atom is 0.341 e. The Labute approximate surface area is 122 Å². The highest BCUT2D eigenvalue weighted by Crippen LogP contribution is 2.19. The van der Waals surface area contributed by atoms with Crippen molar-refractivity contribution in [1.82, 2.24) is 0 Å². The summed E-state index contributed by atoms with van der Waals surface area (Å²) in [5, 5.41) is 4.80. The Balaban J connectivity index is 3.00. The number of ether oxygens (including phenoxy) is 1. The van der Waals surface area contributed by atoms with Crippen LogP contribution in [0, 0.1) is 17.6 Å². The van der Waals surface area contributed by atoms with Gasteiger partial charge in [-0.15, -0.1) is 0 Å². The predicted molar refractivity (Wildman–Crippen MR) is 72.1 cm³/mol. The first-order chi connectivity index (χ1) is 9.66. The number of sulfonamides is 1. The molecule has 5 nitrogen and oxygen atoms in total. The maximum atomic E-state index is 13.6. The fourth-order valence-electron chi connectivity index (χ4n) is 1.78. The van der Waals surface area contributed by atoms with Gasteiger partial charge in [0, 0.05) is 6.07 Å². The van der Waals surface area contributed by atoms with Crippen molar-refractivity contribution in [1.29, 1.82) is 0 Å². The van der Waals surface area contributed by atoms with E-state index in [-0.39, 0.29) is 12.5 Å². The largest absolute Gasteiger partial charge is 0.462 e. The molecule has 0 aliphatic carbocycles. The van der Waals surface area contributed by atoms with Gasteiger partial charge in [0.1, 0.15) is 16.5 Å². The van der Waals surface area contributed by atoms with E-state index < -0.39 is 38.1 Å². The molecule has 0 amide bonds. The van der Waals surface area contributed by atoms with Gasteiger partial charge in [0.15, 0.2) is 0 Å². The number of halogens is 2. The number of primary sulfonamides is 1. The molecule has 1 unspecified atom stereocenters. The molecular weight excluding hydrogens is 304 g/mol. The molecule has 21 heavy (non-hydrogen) atoms. The monoisotopic (exact) mass is 321 g/mol. The predicted octanol–water partition coefficient (Wildman–Crippen LogP) is 2.21. The van der Waals surface area contributed by atoms with E-state index in [1.807, 2.05) is 13.8 Å². The van der Waals surface area contributed by atoms with Gasteiger partial charge in [0.2, 0.25) is 10.0 Å². The summed E-state index contributed by atoms with van der Waals surface area (Å²) in [7, 11) is -4.40. The molecule has 118 valence electrons.